The van der Waals surface area contributed by atoms with Gasteiger partial charge in [-0.05, 0) is 53.7 Å². The van der Waals surface area contributed by atoms with E-state index in [1.165, 1.54) is 12.1 Å². The summed E-state index contributed by atoms with van der Waals surface area (Å²) in [5.41, 5.74) is 2.58. The summed E-state index contributed by atoms with van der Waals surface area (Å²) in [5, 5.41) is 0. The molecule has 1 aliphatic rings. The van der Waals surface area contributed by atoms with Crippen LogP contribution in [0.3, 0.4) is 0 Å². The Morgan fingerprint density at radius 2 is 1.80 bits per heavy atom. The summed E-state index contributed by atoms with van der Waals surface area (Å²) >= 11 is 0. The molecule has 0 amide bonds. The second kappa shape index (κ2) is 6.50. The zero-order chi connectivity index (χ0) is 18.2. The molecule has 0 saturated heterocycles. The minimum Gasteiger partial charge on any atom is -0.403 e. The monoisotopic (exact) mass is 354 g/mol. The predicted octanol–water partition coefficient (Wildman–Crippen LogP) is 5.91. The topological polar surface area (TPSA) is 9.23 Å². The fraction of sp³-hybridized carbons (Fsp3) is 0.263. The Morgan fingerprint density at radius 3 is 2.44 bits per heavy atom. The summed E-state index contributed by atoms with van der Waals surface area (Å²) in [4.78, 5) is 0. The van der Waals surface area contributed by atoms with E-state index in [9.17, 15) is 22.0 Å². The summed E-state index contributed by atoms with van der Waals surface area (Å²) < 4.78 is 69.1. The molecule has 0 aromatic heterocycles. The highest BCUT2D eigenvalue weighted by atomic mass is 19.4. The van der Waals surface area contributed by atoms with Crippen molar-refractivity contribution < 1.29 is 26.7 Å². The van der Waals surface area contributed by atoms with Crippen LogP contribution in [0.15, 0.2) is 30.3 Å². The lowest BCUT2D eigenvalue weighted by molar-refractivity contribution is -0.275. The first kappa shape index (κ1) is 17.5. The van der Waals surface area contributed by atoms with Gasteiger partial charge in [0.05, 0.1) is 0 Å². The highest BCUT2D eigenvalue weighted by Gasteiger charge is 2.33. The van der Waals surface area contributed by atoms with Gasteiger partial charge in [0.25, 0.3) is 0 Å². The van der Waals surface area contributed by atoms with Crippen molar-refractivity contribution in [3.8, 4) is 5.75 Å². The van der Waals surface area contributed by atoms with Gasteiger partial charge in [-0.3, -0.25) is 0 Å². The third-order valence-corrected chi connectivity index (χ3v) is 4.23. The van der Waals surface area contributed by atoms with Gasteiger partial charge in [-0.2, -0.15) is 0 Å². The molecule has 1 nitrogen and oxygen atoms in total. The van der Waals surface area contributed by atoms with E-state index in [0.29, 0.717) is 29.5 Å². The molecule has 0 fully saturated rings. The first-order chi connectivity index (χ1) is 11.8. The van der Waals surface area contributed by atoms with Crippen LogP contribution in [-0.4, -0.2) is 6.36 Å². The molecule has 0 bridgehead atoms. The Labute approximate surface area is 141 Å². The van der Waals surface area contributed by atoms with E-state index in [0.717, 1.165) is 11.6 Å². The van der Waals surface area contributed by atoms with Gasteiger partial charge < -0.3 is 4.74 Å². The van der Waals surface area contributed by atoms with Crippen LogP contribution in [0.25, 0.3) is 11.6 Å². The summed E-state index contributed by atoms with van der Waals surface area (Å²) in [6, 6.07) is 7.28. The molecule has 0 spiro atoms. The second-order valence-corrected chi connectivity index (χ2v) is 5.83. The van der Waals surface area contributed by atoms with Crippen LogP contribution in [0.1, 0.15) is 35.6 Å². The summed E-state index contributed by atoms with van der Waals surface area (Å²) in [6.07, 6.45) is -2.11. The number of halogens is 5. The van der Waals surface area contributed by atoms with E-state index in [4.69, 9.17) is 0 Å². The van der Waals surface area contributed by atoms with E-state index in [-0.39, 0.29) is 17.8 Å². The van der Waals surface area contributed by atoms with Crippen LogP contribution in [-0.2, 0) is 12.8 Å². The smallest absolute Gasteiger partial charge is 0.403 e. The minimum absolute atomic E-state index is 0.149. The first-order valence-electron chi connectivity index (χ1n) is 7.85. The number of aryl methyl sites for hydroxylation is 1. The average Bonchev–Trinajstić information content (AvgIpc) is 2.56. The van der Waals surface area contributed by atoms with Gasteiger partial charge in [-0.15, -0.1) is 13.2 Å². The fourth-order valence-electron chi connectivity index (χ4n) is 2.98. The van der Waals surface area contributed by atoms with E-state index < -0.39 is 17.9 Å². The zero-order valence-electron chi connectivity index (χ0n) is 13.4. The third-order valence-electron chi connectivity index (χ3n) is 4.23. The van der Waals surface area contributed by atoms with Gasteiger partial charge in [0, 0.05) is 5.56 Å². The molecular formula is C19H15F5O. The molecule has 6 heteroatoms. The maximum absolute atomic E-state index is 14.3. The van der Waals surface area contributed by atoms with Gasteiger partial charge in [0.15, 0.2) is 11.6 Å². The van der Waals surface area contributed by atoms with Gasteiger partial charge in [-0.25, -0.2) is 8.78 Å². The summed E-state index contributed by atoms with van der Waals surface area (Å²) in [5.74, 6) is -2.22. The summed E-state index contributed by atoms with van der Waals surface area (Å²) in [6.45, 7) is 1.92. The first-order valence-corrected chi connectivity index (χ1v) is 7.85. The third kappa shape index (κ3) is 3.67. The quantitative estimate of drug-likeness (QED) is 0.623. The highest BCUT2D eigenvalue weighted by Crippen LogP contribution is 2.37. The molecule has 0 atom stereocenters. The Balaban J connectivity index is 1.97. The number of alkyl halides is 3. The van der Waals surface area contributed by atoms with Crippen molar-refractivity contribution in [2.75, 3.05) is 0 Å². The molecule has 2 aromatic rings. The standard InChI is InChI=1S/C19H15F5O/c1-2-11-3-6-14(16(20)9-11)12-4-7-15-13(10-12)5-8-17(18(15)21)25-19(22,23)24/h3,5-6,8-10H,2,4,7H2,1H3. The van der Waals surface area contributed by atoms with Gasteiger partial charge in [0.2, 0.25) is 0 Å². The number of hydrogen-bond acceptors (Lipinski definition) is 1. The number of rotatable bonds is 3. The largest absolute Gasteiger partial charge is 0.573 e. The lowest BCUT2D eigenvalue weighted by atomic mass is 9.87. The summed E-state index contributed by atoms with van der Waals surface area (Å²) in [7, 11) is 0. The molecule has 0 unspecified atom stereocenters. The Morgan fingerprint density at radius 1 is 1.04 bits per heavy atom. The molecule has 132 valence electrons. The normalized spacial score (nSPS) is 14.1. The van der Waals surface area contributed by atoms with E-state index >= 15 is 0 Å². The zero-order valence-corrected chi connectivity index (χ0v) is 13.4. The molecule has 0 N–H and O–H groups in total. The molecule has 1 aliphatic carbocycles. The van der Waals surface area contributed by atoms with Crippen molar-refractivity contribution in [2.24, 2.45) is 0 Å². The maximum Gasteiger partial charge on any atom is 0.573 e. The number of benzene rings is 2. The van der Waals surface area contributed by atoms with Crippen LogP contribution in [0.2, 0.25) is 0 Å². The Kier molecular flexibility index (Phi) is 4.54. The van der Waals surface area contributed by atoms with Crippen LogP contribution >= 0.6 is 0 Å². The number of fused-ring (bicyclic) bond motifs is 1. The molecule has 2 aromatic carbocycles. The van der Waals surface area contributed by atoms with Crippen molar-refractivity contribution in [1.29, 1.82) is 0 Å². The Bertz CT molecular complexity index is 836. The molecular weight excluding hydrogens is 339 g/mol. The van der Waals surface area contributed by atoms with Crippen molar-refractivity contribution in [1.82, 2.24) is 0 Å². The highest BCUT2D eigenvalue weighted by molar-refractivity contribution is 5.85. The van der Waals surface area contributed by atoms with Crippen LogP contribution in [0.5, 0.6) is 5.75 Å². The van der Waals surface area contributed by atoms with Crippen molar-refractivity contribution in [2.45, 2.75) is 32.5 Å². The van der Waals surface area contributed by atoms with Gasteiger partial charge in [-0.1, -0.05) is 31.2 Å². The predicted molar refractivity (Wildman–Crippen MR) is 85.1 cm³/mol. The molecule has 3 rings (SSSR count). The molecule has 0 aliphatic heterocycles. The van der Waals surface area contributed by atoms with E-state index in [1.807, 2.05) is 13.0 Å². The molecule has 0 saturated carbocycles. The van der Waals surface area contributed by atoms with Crippen LogP contribution < -0.4 is 4.74 Å². The van der Waals surface area contributed by atoms with Crippen LogP contribution in [0.4, 0.5) is 22.0 Å². The van der Waals surface area contributed by atoms with Crippen molar-refractivity contribution >= 4 is 11.6 Å². The number of hydrogen-bond donors (Lipinski definition) is 0. The SMILES string of the molecule is CCc1ccc(C2=Cc3ccc(OC(F)(F)F)c(F)c3CC2)c(F)c1. The number of allylic oxidation sites excluding steroid dienone is 1. The van der Waals surface area contributed by atoms with Crippen molar-refractivity contribution in [3.63, 3.8) is 0 Å². The van der Waals surface area contributed by atoms with Gasteiger partial charge in [0.1, 0.15) is 5.82 Å². The lowest BCUT2D eigenvalue weighted by Gasteiger charge is -2.20. The molecule has 0 heterocycles. The lowest BCUT2D eigenvalue weighted by Crippen LogP contribution is -2.18. The maximum atomic E-state index is 14.3. The molecule has 25 heavy (non-hydrogen) atoms. The Hall–Kier alpha value is -2.37. The van der Waals surface area contributed by atoms with Crippen molar-refractivity contribution in [3.05, 3.63) is 64.2 Å². The van der Waals surface area contributed by atoms with E-state index in [2.05, 4.69) is 4.74 Å². The second-order valence-electron chi connectivity index (χ2n) is 5.83. The number of ether oxygens (including phenoxy) is 1. The van der Waals surface area contributed by atoms with E-state index in [1.54, 1.807) is 12.1 Å². The average molecular weight is 354 g/mol. The van der Waals surface area contributed by atoms with Gasteiger partial charge >= 0.3 is 6.36 Å². The molecule has 0 radical (unpaired) electrons. The minimum atomic E-state index is -4.95. The van der Waals surface area contributed by atoms with Crippen LogP contribution in [0, 0.1) is 11.6 Å². The fourth-order valence-corrected chi connectivity index (χ4v) is 2.98.